The van der Waals surface area contributed by atoms with Gasteiger partial charge in [-0.3, -0.25) is 0 Å². The minimum Gasteiger partial charge on any atom is -0.330 e. The van der Waals surface area contributed by atoms with Crippen LogP contribution < -0.4 is 5.73 Å². The van der Waals surface area contributed by atoms with Gasteiger partial charge in [-0.1, -0.05) is 46.0 Å². The molecule has 108 valence electrons. The smallest absolute Gasteiger partial charge is 0.00953 e. The van der Waals surface area contributed by atoms with Gasteiger partial charge in [0.25, 0.3) is 0 Å². The Labute approximate surface area is 114 Å². The van der Waals surface area contributed by atoms with Crippen molar-refractivity contribution in [3.8, 4) is 0 Å². The highest BCUT2D eigenvalue weighted by Gasteiger charge is 2.20. The number of nitrogens with two attached hydrogens (primary N) is 1. The van der Waals surface area contributed by atoms with E-state index >= 15 is 0 Å². The van der Waals surface area contributed by atoms with Crippen molar-refractivity contribution >= 4 is 0 Å². The molecule has 1 fully saturated rings. The van der Waals surface area contributed by atoms with Gasteiger partial charge in [0.15, 0.2) is 0 Å². The summed E-state index contributed by atoms with van der Waals surface area (Å²) in [6.07, 6.45) is 12.5. The maximum absolute atomic E-state index is 5.70. The van der Waals surface area contributed by atoms with Crippen molar-refractivity contribution in [2.45, 2.75) is 77.7 Å². The van der Waals surface area contributed by atoms with E-state index < -0.39 is 0 Å². The fourth-order valence-electron chi connectivity index (χ4n) is 3.32. The molecule has 0 bridgehead atoms. The molecule has 1 aliphatic rings. The van der Waals surface area contributed by atoms with Crippen LogP contribution in [0, 0.1) is 5.92 Å². The molecule has 2 heteroatoms. The van der Waals surface area contributed by atoms with Gasteiger partial charge in [0.1, 0.15) is 0 Å². The molecule has 2 nitrogen and oxygen atoms in total. The monoisotopic (exact) mass is 254 g/mol. The van der Waals surface area contributed by atoms with Crippen LogP contribution in [-0.4, -0.2) is 30.6 Å². The standard InChI is InChI=1S/C16H34N2/c1-3-9-15(2)14-18(13-8-12-17)16-10-6-4-5-7-11-16/h15-16H,3-14,17H2,1-2H3. The van der Waals surface area contributed by atoms with Gasteiger partial charge in [-0.15, -0.1) is 0 Å². The SMILES string of the molecule is CCCC(C)CN(CCCN)C1CCCCCC1. The predicted molar refractivity (Wildman–Crippen MR) is 80.8 cm³/mol. The fraction of sp³-hybridized carbons (Fsp3) is 1.00. The van der Waals surface area contributed by atoms with Crippen LogP contribution in [0.15, 0.2) is 0 Å². The number of nitrogens with zero attached hydrogens (tertiary/aromatic N) is 1. The van der Waals surface area contributed by atoms with Crippen molar-refractivity contribution in [3.63, 3.8) is 0 Å². The first kappa shape index (κ1) is 16.0. The quantitative estimate of drug-likeness (QED) is 0.668. The number of hydrogen-bond acceptors (Lipinski definition) is 2. The van der Waals surface area contributed by atoms with E-state index in [0.717, 1.165) is 24.9 Å². The Kier molecular flexibility index (Phi) is 8.70. The summed E-state index contributed by atoms with van der Waals surface area (Å²) in [5.74, 6) is 0.844. The lowest BCUT2D eigenvalue weighted by Crippen LogP contribution is -2.39. The van der Waals surface area contributed by atoms with E-state index in [4.69, 9.17) is 5.73 Å². The molecule has 0 amide bonds. The van der Waals surface area contributed by atoms with Crippen molar-refractivity contribution in [3.05, 3.63) is 0 Å². The third-order valence-electron chi connectivity index (χ3n) is 4.32. The molecule has 1 aliphatic carbocycles. The summed E-state index contributed by atoms with van der Waals surface area (Å²) < 4.78 is 0. The zero-order valence-corrected chi connectivity index (χ0v) is 12.7. The third kappa shape index (κ3) is 6.19. The molecule has 0 spiro atoms. The minimum atomic E-state index is 0.839. The average Bonchev–Trinajstić information content (AvgIpc) is 2.63. The maximum Gasteiger partial charge on any atom is 0.00953 e. The van der Waals surface area contributed by atoms with Crippen LogP contribution in [0.4, 0.5) is 0 Å². The molecule has 0 aliphatic heterocycles. The van der Waals surface area contributed by atoms with Crippen molar-refractivity contribution in [2.75, 3.05) is 19.6 Å². The second-order valence-corrected chi connectivity index (χ2v) is 6.18. The first-order valence-corrected chi connectivity index (χ1v) is 8.22. The van der Waals surface area contributed by atoms with Crippen molar-refractivity contribution < 1.29 is 0 Å². The summed E-state index contributed by atoms with van der Waals surface area (Å²) in [5.41, 5.74) is 5.70. The fourth-order valence-corrected chi connectivity index (χ4v) is 3.32. The van der Waals surface area contributed by atoms with Gasteiger partial charge in [0.2, 0.25) is 0 Å². The summed E-state index contributed by atoms with van der Waals surface area (Å²) in [5, 5.41) is 0. The molecule has 18 heavy (non-hydrogen) atoms. The Bertz CT molecular complexity index is 186. The van der Waals surface area contributed by atoms with Crippen LogP contribution in [0.3, 0.4) is 0 Å². The zero-order chi connectivity index (χ0) is 13.2. The summed E-state index contributed by atoms with van der Waals surface area (Å²) in [7, 11) is 0. The lowest BCUT2D eigenvalue weighted by atomic mass is 10.0. The van der Waals surface area contributed by atoms with Gasteiger partial charge in [-0.2, -0.15) is 0 Å². The lowest BCUT2D eigenvalue weighted by Gasteiger charge is -2.33. The molecule has 1 unspecified atom stereocenters. The first-order valence-electron chi connectivity index (χ1n) is 8.22. The highest BCUT2D eigenvalue weighted by Crippen LogP contribution is 2.23. The van der Waals surface area contributed by atoms with Gasteiger partial charge in [0, 0.05) is 12.6 Å². The molecule has 1 rings (SSSR count). The topological polar surface area (TPSA) is 29.3 Å². The van der Waals surface area contributed by atoms with Crippen LogP contribution >= 0.6 is 0 Å². The molecule has 1 saturated carbocycles. The van der Waals surface area contributed by atoms with Gasteiger partial charge < -0.3 is 10.6 Å². The van der Waals surface area contributed by atoms with Crippen molar-refractivity contribution in [1.29, 1.82) is 0 Å². The Morgan fingerprint density at radius 1 is 1.17 bits per heavy atom. The molecular formula is C16H34N2. The van der Waals surface area contributed by atoms with Crippen LogP contribution in [-0.2, 0) is 0 Å². The van der Waals surface area contributed by atoms with E-state index in [9.17, 15) is 0 Å². The Hall–Kier alpha value is -0.0800. The second-order valence-electron chi connectivity index (χ2n) is 6.18. The largest absolute Gasteiger partial charge is 0.330 e. The lowest BCUT2D eigenvalue weighted by molar-refractivity contribution is 0.151. The molecule has 0 aromatic carbocycles. The van der Waals surface area contributed by atoms with Crippen LogP contribution in [0.25, 0.3) is 0 Å². The molecule has 2 N–H and O–H groups in total. The van der Waals surface area contributed by atoms with Gasteiger partial charge in [0.05, 0.1) is 0 Å². The van der Waals surface area contributed by atoms with Gasteiger partial charge >= 0.3 is 0 Å². The minimum absolute atomic E-state index is 0.839. The van der Waals surface area contributed by atoms with Crippen LogP contribution in [0.2, 0.25) is 0 Å². The molecule has 0 radical (unpaired) electrons. The summed E-state index contributed by atoms with van der Waals surface area (Å²) >= 11 is 0. The molecule has 0 saturated heterocycles. The van der Waals surface area contributed by atoms with Crippen LogP contribution in [0.5, 0.6) is 0 Å². The highest BCUT2D eigenvalue weighted by molar-refractivity contribution is 4.76. The van der Waals surface area contributed by atoms with E-state index in [1.54, 1.807) is 0 Å². The molecule has 0 aromatic heterocycles. The highest BCUT2D eigenvalue weighted by atomic mass is 15.2. The van der Waals surface area contributed by atoms with Crippen molar-refractivity contribution in [2.24, 2.45) is 11.7 Å². The molecular weight excluding hydrogens is 220 g/mol. The summed E-state index contributed by atoms with van der Waals surface area (Å²) in [6.45, 7) is 8.06. The van der Waals surface area contributed by atoms with E-state index in [2.05, 4.69) is 18.7 Å². The van der Waals surface area contributed by atoms with E-state index in [0.29, 0.717) is 0 Å². The first-order chi connectivity index (χ1) is 8.77. The maximum atomic E-state index is 5.70. The van der Waals surface area contributed by atoms with E-state index in [-0.39, 0.29) is 0 Å². The van der Waals surface area contributed by atoms with Gasteiger partial charge in [-0.25, -0.2) is 0 Å². The van der Waals surface area contributed by atoms with E-state index in [1.807, 2.05) is 0 Å². The second kappa shape index (κ2) is 9.80. The number of rotatable bonds is 8. The Morgan fingerprint density at radius 2 is 1.83 bits per heavy atom. The van der Waals surface area contributed by atoms with Crippen molar-refractivity contribution in [1.82, 2.24) is 4.90 Å². The zero-order valence-electron chi connectivity index (χ0n) is 12.7. The Morgan fingerprint density at radius 3 is 2.39 bits per heavy atom. The normalized spacial score (nSPS) is 20.0. The Balaban J connectivity index is 2.46. The molecule has 1 atom stereocenters. The third-order valence-corrected chi connectivity index (χ3v) is 4.32. The molecule has 0 heterocycles. The molecule has 0 aromatic rings. The average molecular weight is 254 g/mol. The van der Waals surface area contributed by atoms with Gasteiger partial charge in [-0.05, 0) is 44.7 Å². The van der Waals surface area contributed by atoms with Crippen LogP contribution in [0.1, 0.15) is 71.6 Å². The number of hydrogen-bond donors (Lipinski definition) is 1. The summed E-state index contributed by atoms with van der Waals surface area (Å²) in [6, 6.07) is 0.846. The predicted octanol–water partition coefficient (Wildman–Crippen LogP) is 3.80. The summed E-state index contributed by atoms with van der Waals surface area (Å²) in [4.78, 5) is 2.76. The van der Waals surface area contributed by atoms with E-state index in [1.165, 1.54) is 64.5 Å².